The molecule has 0 radical (unpaired) electrons. The summed E-state index contributed by atoms with van der Waals surface area (Å²) in [6, 6.07) is 11.0. The van der Waals surface area contributed by atoms with Gasteiger partial charge in [0.1, 0.15) is 5.75 Å². The molecule has 3 N–H and O–H groups in total. The van der Waals surface area contributed by atoms with E-state index in [1.807, 2.05) is 24.3 Å². The standard InChI is InChI=1S/C19H22N4O3/c1-25-16-6-4-3-5-15(16)23-19(20)21-11-13-9-10-14(18(24)26-2)17(22-13)12-7-8-12/h3-6,9-10,12H,7-8,11H2,1-2H3,(H3,20,21,23). The van der Waals surface area contributed by atoms with Gasteiger partial charge in [-0.25, -0.2) is 9.79 Å². The molecule has 0 unspecified atom stereocenters. The number of nitrogens with two attached hydrogens (primary N) is 1. The summed E-state index contributed by atoms with van der Waals surface area (Å²) in [5, 5.41) is 3.02. The van der Waals surface area contributed by atoms with Crippen molar-refractivity contribution >= 4 is 17.6 Å². The average Bonchev–Trinajstić information content (AvgIpc) is 3.51. The zero-order chi connectivity index (χ0) is 18.5. The van der Waals surface area contributed by atoms with Crippen molar-refractivity contribution in [3.63, 3.8) is 0 Å². The Morgan fingerprint density at radius 1 is 1.27 bits per heavy atom. The Morgan fingerprint density at radius 3 is 2.73 bits per heavy atom. The minimum atomic E-state index is -0.355. The molecule has 1 aliphatic carbocycles. The SMILES string of the molecule is COC(=O)c1ccc(CN=C(N)Nc2ccccc2OC)nc1C1CC1. The molecule has 1 heterocycles. The lowest BCUT2D eigenvalue weighted by molar-refractivity contribution is 0.0598. The van der Waals surface area contributed by atoms with Gasteiger partial charge in [0.2, 0.25) is 0 Å². The monoisotopic (exact) mass is 354 g/mol. The number of rotatable bonds is 6. The number of anilines is 1. The maximum Gasteiger partial charge on any atom is 0.339 e. The number of hydrogen-bond acceptors (Lipinski definition) is 5. The molecule has 7 nitrogen and oxygen atoms in total. The van der Waals surface area contributed by atoms with Crippen molar-refractivity contribution in [2.45, 2.75) is 25.3 Å². The van der Waals surface area contributed by atoms with E-state index >= 15 is 0 Å². The first-order valence-corrected chi connectivity index (χ1v) is 8.40. The molecule has 3 rings (SSSR count). The molecule has 1 fully saturated rings. The lowest BCUT2D eigenvalue weighted by Gasteiger charge is -2.10. The summed E-state index contributed by atoms with van der Waals surface area (Å²) in [4.78, 5) is 20.8. The molecule has 0 bridgehead atoms. The molecule has 0 saturated heterocycles. The van der Waals surface area contributed by atoms with Crippen LogP contribution in [-0.2, 0) is 11.3 Å². The predicted molar refractivity (Wildman–Crippen MR) is 99.5 cm³/mol. The summed E-state index contributed by atoms with van der Waals surface area (Å²) in [6.07, 6.45) is 2.09. The molecule has 1 saturated carbocycles. The lowest BCUT2D eigenvalue weighted by Crippen LogP contribution is -2.23. The van der Waals surface area contributed by atoms with Crippen LogP contribution >= 0.6 is 0 Å². The van der Waals surface area contributed by atoms with Crippen molar-refractivity contribution in [2.24, 2.45) is 10.7 Å². The molecule has 2 aromatic rings. The Balaban J connectivity index is 1.73. The average molecular weight is 354 g/mol. The largest absolute Gasteiger partial charge is 0.495 e. The molecule has 1 aromatic heterocycles. The summed E-state index contributed by atoms with van der Waals surface area (Å²) >= 11 is 0. The number of carbonyl (C=O) groups excluding carboxylic acids is 1. The summed E-state index contributed by atoms with van der Waals surface area (Å²) in [5.74, 6) is 0.924. The number of aliphatic imine (C=N–C) groups is 1. The van der Waals surface area contributed by atoms with E-state index in [1.54, 1.807) is 19.2 Å². The van der Waals surface area contributed by atoms with Gasteiger partial charge in [-0.15, -0.1) is 0 Å². The van der Waals surface area contributed by atoms with Crippen LogP contribution in [0.5, 0.6) is 5.75 Å². The maximum absolute atomic E-state index is 11.9. The van der Waals surface area contributed by atoms with E-state index in [2.05, 4.69) is 15.3 Å². The van der Waals surface area contributed by atoms with Gasteiger partial charge in [-0.2, -0.15) is 0 Å². The number of aromatic nitrogens is 1. The molecule has 0 spiro atoms. The molecule has 0 amide bonds. The molecule has 1 aliphatic rings. The van der Waals surface area contributed by atoms with Gasteiger partial charge in [0.05, 0.1) is 43.4 Å². The van der Waals surface area contributed by atoms with Crippen LogP contribution in [0.2, 0.25) is 0 Å². The number of nitrogens with zero attached hydrogens (tertiary/aromatic N) is 2. The van der Waals surface area contributed by atoms with Gasteiger partial charge in [0.15, 0.2) is 5.96 Å². The van der Waals surface area contributed by atoms with Crippen molar-refractivity contribution in [1.29, 1.82) is 0 Å². The smallest absolute Gasteiger partial charge is 0.339 e. The van der Waals surface area contributed by atoms with Crippen molar-refractivity contribution in [1.82, 2.24) is 4.98 Å². The van der Waals surface area contributed by atoms with E-state index in [1.165, 1.54) is 7.11 Å². The highest BCUT2D eigenvalue weighted by Gasteiger charge is 2.30. The van der Waals surface area contributed by atoms with Gasteiger partial charge in [-0.05, 0) is 37.1 Å². The third-order valence-corrected chi connectivity index (χ3v) is 4.13. The number of benzene rings is 1. The second-order valence-electron chi connectivity index (χ2n) is 6.03. The van der Waals surface area contributed by atoms with Gasteiger partial charge in [0, 0.05) is 5.92 Å². The van der Waals surface area contributed by atoms with E-state index in [9.17, 15) is 4.79 Å². The Kier molecular flexibility index (Phi) is 5.36. The number of methoxy groups -OCH3 is 2. The summed E-state index contributed by atoms with van der Waals surface area (Å²) < 4.78 is 10.1. The highest BCUT2D eigenvalue weighted by atomic mass is 16.5. The topological polar surface area (TPSA) is 98.8 Å². The van der Waals surface area contributed by atoms with E-state index < -0.39 is 0 Å². The highest BCUT2D eigenvalue weighted by Crippen LogP contribution is 2.40. The minimum Gasteiger partial charge on any atom is -0.495 e. The van der Waals surface area contributed by atoms with Crippen LogP contribution in [0.15, 0.2) is 41.4 Å². The number of pyridine rings is 1. The fraction of sp³-hybridized carbons (Fsp3) is 0.316. The number of ether oxygens (including phenoxy) is 2. The molecule has 1 aromatic carbocycles. The molecule has 7 heteroatoms. The van der Waals surface area contributed by atoms with Gasteiger partial charge in [0.25, 0.3) is 0 Å². The van der Waals surface area contributed by atoms with Crippen molar-refractivity contribution in [3.8, 4) is 5.75 Å². The summed E-state index contributed by atoms with van der Waals surface area (Å²) in [7, 11) is 2.97. The Bertz CT molecular complexity index is 831. The number of carbonyl (C=O) groups is 1. The highest BCUT2D eigenvalue weighted by molar-refractivity contribution is 5.93. The van der Waals surface area contributed by atoms with Crippen LogP contribution in [0.4, 0.5) is 5.69 Å². The number of para-hydroxylation sites is 2. The predicted octanol–water partition coefficient (Wildman–Crippen LogP) is 2.68. The van der Waals surface area contributed by atoms with Gasteiger partial charge >= 0.3 is 5.97 Å². The molecule has 0 atom stereocenters. The Morgan fingerprint density at radius 2 is 2.04 bits per heavy atom. The molecular formula is C19H22N4O3. The Hall–Kier alpha value is -3.09. The van der Waals surface area contributed by atoms with Crippen LogP contribution in [0.3, 0.4) is 0 Å². The van der Waals surface area contributed by atoms with Crippen molar-refractivity contribution in [2.75, 3.05) is 19.5 Å². The number of esters is 1. The molecule has 136 valence electrons. The lowest BCUT2D eigenvalue weighted by atomic mass is 10.1. The first-order chi connectivity index (χ1) is 12.6. The number of guanidine groups is 1. The molecule has 0 aliphatic heterocycles. The third-order valence-electron chi connectivity index (χ3n) is 4.13. The van der Waals surface area contributed by atoms with Crippen molar-refractivity contribution in [3.05, 3.63) is 53.3 Å². The van der Waals surface area contributed by atoms with E-state index in [4.69, 9.17) is 15.2 Å². The van der Waals surface area contributed by atoms with Crippen molar-refractivity contribution < 1.29 is 14.3 Å². The van der Waals surface area contributed by atoms with Gasteiger partial charge in [-0.3, -0.25) is 4.98 Å². The number of hydrogen-bond donors (Lipinski definition) is 2. The van der Waals surface area contributed by atoms with Crippen LogP contribution in [0.25, 0.3) is 0 Å². The zero-order valence-corrected chi connectivity index (χ0v) is 14.9. The first kappa shape index (κ1) is 17.7. The van der Waals surface area contributed by atoms with E-state index in [0.717, 1.165) is 29.9 Å². The summed E-state index contributed by atoms with van der Waals surface area (Å²) in [5.41, 5.74) is 8.79. The molecule has 26 heavy (non-hydrogen) atoms. The van der Waals surface area contributed by atoms with Crippen LogP contribution in [0, 0.1) is 0 Å². The Labute approximate surface area is 152 Å². The van der Waals surface area contributed by atoms with Crippen LogP contribution in [0.1, 0.15) is 40.5 Å². The van der Waals surface area contributed by atoms with Crippen LogP contribution in [-0.4, -0.2) is 31.1 Å². The third kappa shape index (κ3) is 4.11. The minimum absolute atomic E-state index is 0.265. The second kappa shape index (κ2) is 7.86. The summed E-state index contributed by atoms with van der Waals surface area (Å²) in [6.45, 7) is 0.315. The number of nitrogens with one attached hydrogen (secondary N) is 1. The van der Waals surface area contributed by atoms with Gasteiger partial charge in [-0.1, -0.05) is 12.1 Å². The maximum atomic E-state index is 11.9. The zero-order valence-electron chi connectivity index (χ0n) is 14.9. The quantitative estimate of drug-likeness (QED) is 0.470. The fourth-order valence-electron chi connectivity index (χ4n) is 2.65. The second-order valence-corrected chi connectivity index (χ2v) is 6.03. The van der Waals surface area contributed by atoms with E-state index in [0.29, 0.717) is 23.8 Å². The van der Waals surface area contributed by atoms with Gasteiger partial charge < -0.3 is 20.5 Å². The normalized spacial score (nSPS) is 14.0. The first-order valence-electron chi connectivity index (χ1n) is 8.40. The van der Waals surface area contributed by atoms with Crippen LogP contribution < -0.4 is 15.8 Å². The molecular weight excluding hydrogens is 332 g/mol. The van der Waals surface area contributed by atoms with E-state index in [-0.39, 0.29) is 11.9 Å². The fourth-order valence-corrected chi connectivity index (χ4v) is 2.65.